The molecular formula is C20H20Cl2O6. The number of benzene rings is 2. The average Bonchev–Trinajstić information content (AvgIpc) is 3.45. The molecule has 2 saturated carbocycles. The number of halogens is 2. The van der Waals surface area contributed by atoms with E-state index in [4.69, 9.17) is 23.2 Å². The fraction of sp³-hybridized carbons (Fsp3) is 0.400. The maximum atomic E-state index is 11.4. The molecule has 2 aromatic carbocycles. The van der Waals surface area contributed by atoms with Crippen molar-refractivity contribution in [2.75, 3.05) is 6.61 Å². The van der Waals surface area contributed by atoms with Crippen molar-refractivity contribution in [1.82, 2.24) is 0 Å². The Hall–Kier alpha value is -1.22. The predicted octanol–water partition coefficient (Wildman–Crippen LogP) is 0.795. The first-order valence-corrected chi connectivity index (χ1v) is 9.54. The molecule has 6 N–H and O–H groups in total. The van der Waals surface area contributed by atoms with Gasteiger partial charge < -0.3 is 30.6 Å². The van der Waals surface area contributed by atoms with Crippen molar-refractivity contribution in [2.24, 2.45) is 0 Å². The molecule has 28 heavy (non-hydrogen) atoms. The van der Waals surface area contributed by atoms with Gasteiger partial charge in [0.2, 0.25) is 0 Å². The summed E-state index contributed by atoms with van der Waals surface area (Å²) >= 11 is 11.8. The van der Waals surface area contributed by atoms with E-state index in [1.165, 1.54) is 0 Å². The lowest BCUT2D eigenvalue weighted by Crippen LogP contribution is -2.49. The first-order valence-electron chi connectivity index (χ1n) is 8.79. The van der Waals surface area contributed by atoms with Crippen LogP contribution in [0.2, 0.25) is 10.0 Å². The van der Waals surface area contributed by atoms with E-state index in [9.17, 15) is 30.6 Å². The Balaban J connectivity index is 1.77. The molecule has 0 saturated heterocycles. The molecule has 150 valence electrons. The molecule has 7 atom stereocenters. The van der Waals surface area contributed by atoms with Gasteiger partial charge in [0.25, 0.3) is 0 Å². The van der Waals surface area contributed by atoms with E-state index >= 15 is 0 Å². The van der Waals surface area contributed by atoms with E-state index in [2.05, 4.69) is 0 Å². The molecule has 2 fully saturated rings. The van der Waals surface area contributed by atoms with Crippen molar-refractivity contribution < 1.29 is 30.6 Å². The van der Waals surface area contributed by atoms with Crippen LogP contribution < -0.4 is 0 Å². The van der Waals surface area contributed by atoms with Crippen LogP contribution >= 0.6 is 23.2 Å². The van der Waals surface area contributed by atoms with Gasteiger partial charge in [0.1, 0.15) is 22.9 Å². The van der Waals surface area contributed by atoms with Crippen molar-refractivity contribution in [3.8, 4) is 0 Å². The van der Waals surface area contributed by atoms with E-state index in [1.54, 1.807) is 48.5 Å². The average molecular weight is 427 g/mol. The summed E-state index contributed by atoms with van der Waals surface area (Å²) in [6.07, 6.45) is -3.12. The van der Waals surface area contributed by atoms with E-state index in [0.29, 0.717) is 21.2 Å². The van der Waals surface area contributed by atoms with E-state index in [0.717, 1.165) is 0 Å². The standard InChI is InChI=1S/C20H20Cl2O6/c21-12-5-1-10(2-6-12)15-17(25)19(15,27)20(28)16(18(20,26)14(24)9-23)11-3-7-13(22)8-4-11/h1-8,14-17,23-28H,9H2/t14-,15?,16?,17?,18+,19+,20+/m1/s1. The number of rotatable bonds is 5. The maximum Gasteiger partial charge on any atom is 0.138 e. The van der Waals surface area contributed by atoms with Gasteiger partial charge in [-0.15, -0.1) is 0 Å². The third-order valence-corrected chi connectivity index (χ3v) is 6.74. The van der Waals surface area contributed by atoms with Gasteiger partial charge in [-0.2, -0.15) is 0 Å². The van der Waals surface area contributed by atoms with E-state index in [1.807, 2.05) is 0 Å². The first-order chi connectivity index (χ1) is 13.1. The van der Waals surface area contributed by atoms with Crippen LogP contribution in [0.25, 0.3) is 0 Å². The Bertz CT molecular complexity index is 891. The SMILES string of the molecule is OC[C@@H](O)[C@]1(O)C(c2ccc(Cl)cc2)[C@@]1(O)[C@@]1(O)C(O)C1c1ccc(Cl)cc1. The molecule has 0 heterocycles. The quantitative estimate of drug-likeness (QED) is 0.420. The molecule has 0 radical (unpaired) electrons. The highest BCUT2D eigenvalue weighted by Gasteiger charge is 2.94. The molecular weight excluding hydrogens is 407 g/mol. The van der Waals surface area contributed by atoms with Gasteiger partial charge in [-0.3, -0.25) is 0 Å². The third-order valence-electron chi connectivity index (χ3n) is 6.24. The molecule has 0 amide bonds. The molecule has 2 aromatic rings. The summed E-state index contributed by atoms with van der Waals surface area (Å²) in [5, 5.41) is 64.8. The van der Waals surface area contributed by atoms with Crippen LogP contribution in [0.3, 0.4) is 0 Å². The second-order valence-corrected chi connectivity index (χ2v) is 8.45. The van der Waals surface area contributed by atoms with Crippen molar-refractivity contribution in [3.05, 3.63) is 69.7 Å². The Labute approximate surface area is 171 Å². The highest BCUT2D eigenvalue weighted by Crippen LogP contribution is 2.75. The lowest BCUT2D eigenvalue weighted by atomic mass is 9.96. The predicted molar refractivity (Wildman–Crippen MR) is 102 cm³/mol. The zero-order valence-electron chi connectivity index (χ0n) is 14.6. The molecule has 0 aliphatic heterocycles. The third kappa shape index (κ3) is 2.38. The Morgan fingerprint density at radius 1 is 0.857 bits per heavy atom. The van der Waals surface area contributed by atoms with Gasteiger partial charge in [0.05, 0.1) is 18.6 Å². The summed E-state index contributed by atoms with van der Waals surface area (Å²) < 4.78 is 0. The van der Waals surface area contributed by atoms with Crippen molar-refractivity contribution in [1.29, 1.82) is 0 Å². The highest BCUT2D eigenvalue weighted by atomic mass is 35.5. The van der Waals surface area contributed by atoms with Crippen LogP contribution in [0.4, 0.5) is 0 Å². The summed E-state index contributed by atoms with van der Waals surface area (Å²) in [7, 11) is 0. The second-order valence-electron chi connectivity index (χ2n) is 7.57. The van der Waals surface area contributed by atoms with Gasteiger partial charge in [-0.1, -0.05) is 47.5 Å². The van der Waals surface area contributed by atoms with Crippen LogP contribution in [0.5, 0.6) is 0 Å². The molecule has 2 aliphatic rings. The molecule has 8 heteroatoms. The van der Waals surface area contributed by atoms with Crippen molar-refractivity contribution >= 4 is 23.2 Å². The number of hydrogen-bond acceptors (Lipinski definition) is 6. The summed E-state index contributed by atoms with van der Waals surface area (Å²) in [6, 6.07) is 12.6. The van der Waals surface area contributed by atoms with E-state index in [-0.39, 0.29) is 0 Å². The summed E-state index contributed by atoms with van der Waals surface area (Å²) in [5.74, 6) is -2.04. The summed E-state index contributed by atoms with van der Waals surface area (Å²) in [4.78, 5) is 0. The van der Waals surface area contributed by atoms with Gasteiger partial charge in [0, 0.05) is 16.0 Å². The molecule has 2 aliphatic carbocycles. The van der Waals surface area contributed by atoms with Crippen molar-refractivity contribution in [3.63, 3.8) is 0 Å². The Morgan fingerprint density at radius 3 is 1.79 bits per heavy atom. The maximum absolute atomic E-state index is 11.4. The van der Waals surface area contributed by atoms with Gasteiger partial charge in [-0.05, 0) is 35.4 Å². The van der Waals surface area contributed by atoms with Gasteiger partial charge in [0.15, 0.2) is 0 Å². The lowest BCUT2D eigenvalue weighted by Gasteiger charge is -2.25. The molecule has 3 unspecified atom stereocenters. The van der Waals surface area contributed by atoms with Crippen LogP contribution in [-0.4, -0.2) is 66.3 Å². The molecule has 0 spiro atoms. The lowest BCUT2D eigenvalue weighted by molar-refractivity contribution is -0.134. The van der Waals surface area contributed by atoms with Crippen LogP contribution in [0, 0.1) is 0 Å². The minimum absolute atomic E-state index is 0.407. The smallest absolute Gasteiger partial charge is 0.138 e. The highest BCUT2D eigenvalue weighted by molar-refractivity contribution is 6.30. The number of hydrogen-bond donors (Lipinski definition) is 6. The molecule has 0 bridgehead atoms. The monoisotopic (exact) mass is 426 g/mol. The molecule has 4 rings (SSSR count). The number of aliphatic hydroxyl groups is 6. The minimum atomic E-state index is -2.29. The van der Waals surface area contributed by atoms with Crippen LogP contribution in [-0.2, 0) is 0 Å². The first kappa shape index (κ1) is 20.1. The number of aliphatic hydroxyl groups excluding tert-OH is 3. The van der Waals surface area contributed by atoms with Crippen LogP contribution in [0.1, 0.15) is 23.0 Å². The summed E-state index contributed by atoms with van der Waals surface area (Å²) in [6.45, 7) is -0.833. The van der Waals surface area contributed by atoms with Gasteiger partial charge in [-0.25, -0.2) is 0 Å². The largest absolute Gasteiger partial charge is 0.394 e. The normalized spacial score (nSPS) is 40.2. The molecule has 0 aromatic heterocycles. The fourth-order valence-corrected chi connectivity index (χ4v) is 4.93. The zero-order valence-corrected chi connectivity index (χ0v) is 16.1. The van der Waals surface area contributed by atoms with Crippen LogP contribution in [0.15, 0.2) is 48.5 Å². The van der Waals surface area contributed by atoms with E-state index < -0.39 is 47.5 Å². The second kappa shape index (κ2) is 6.39. The zero-order chi connectivity index (χ0) is 20.5. The van der Waals surface area contributed by atoms with Gasteiger partial charge >= 0.3 is 0 Å². The minimum Gasteiger partial charge on any atom is -0.394 e. The van der Waals surface area contributed by atoms with Crippen molar-refractivity contribution in [2.45, 2.75) is 40.8 Å². The summed E-state index contributed by atoms with van der Waals surface area (Å²) in [5.41, 5.74) is -5.75. The Kier molecular flexibility index (Phi) is 4.58. The fourth-order valence-electron chi connectivity index (χ4n) is 4.68. The topological polar surface area (TPSA) is 121 Å². The Morgan fingerprint density at radius 2 is 1.32 bits per heavy atom. The molecule has 6 nitrogen and oxygen atoms in total.